The molecular weight excluding hydrogens is 506 g/mol. The maximum Gasteiger partial charge on any atom is 0.252 e. The molecule has 0 fully saturated rings. The number of nitrogens with zero attached hydrogens (tertiary/aromatic N) is 5. The molecule has 198 valence electrons. The number of aromatic amines is 1. The second-order valence-corrected chi connectivity index (χ2v) is 9.36. The molecule has 0 amide bonds. The van der Waals surface area contributed by atoms with Crippen LogP contribution >= 0.6 is 0 Å². The minimum Gasteiger partial charge on any atom is -0.486 e. The van der Waals surface area contributed by atoms with Crippen molar-refractivity contribution in [1.29, 1.82) is 0 Å². The molecule has 3 heterocycles. The van der Waals surface area contributed by atoms with E-state index in [0.717, 1.165) is 16.5 Å². The predicted molar refractivity (Wildman–Crippen MR) is 138 cm³/mol. The molecule has 11 heteroatoms. The number of nitrogens with one attached hydrogen (secondary N) is 1. The Kier molecular flexibility index (Phi) is 6.72. The summed E-state index contributed by atoms with van der Waals surface area (Å²) in [4.78, 5) is 18.0. The molecule has 6 rings (SSSR count). The number of hydrogen-bond acceptors (Lipinski definition) is 7. The highest BCUT2D eigenvalue weighted by atomic mass is 19.1. The lowest BCUT2D eigenvalue weighted by molar-refractivity contribution is 0.172. The van der Waals surface area contributed by atoms with Crippen molar-refractivity contribution in [2.45, 2.75) is 26.2 Å². The smallest absolute Gasteiger partial charge is 0.252 e. The second-order valence-electron chi connectivity index (χ2n) is 9.36. The first kappa shape index (κ1) is 24.7. The molecule has 0 aliphatic carbocycles. The number of rotatable bonds is 8. The zero-order valence-electron chi connectivity index (χ0n) is 20.8. The van der Waals surface area contributed by atoms with E-state index in [2.05, 4.69) is 20.5 Å². The highest BCUT2D eigenvalue weighted by Crippen LogP contribution is 2.33. The lowest BCUT2D eigenvalue weighted by atomic mass is 10.1. The summed E-state index contributed by atoms with van der Waals surface area (Å²) in [5.41, 5.74) is 2.68. The fourth-order valence-corrected chi connectivity index (χ4v) is 4.58. The molecule has 0 saturated heterocycles. The van der Waals surface area contributed by atoms with Gasteiger partial charge in [0.25, 0.3) is 5.56 Å². The van der Waals surface area contributed by atoms with E-state index in [1.807, 2.05) is 17.0 Å². The van der Waals surface area contributed by atoms with Crippen molar-refractivity contribution in [3.63, 3.8) is 0 Å². The number of pyridine rings is 1. The van der Waals surface area contributed by atoms with Crippen LogP contribution in [0.3, 0.4) is 0 Å². The molecule has 3 aromatic carbocycles. The largest absolute Gasteiger partial charge is 0.486 e. The summed E-state index contributed by atoms with van der Waals surface area (Å²) in [5.74, 6) is 1.16. The number of tetrazole rings is 1. The van der Waals surface area contributed by atoms with Crippen molar-refractivity contribution in [3.8, 4) is 11.5 Å². The molecule has 1 aliphatic rings. The Labute approximate surface area is 221 Å². The fraction of sp³-hybridized carbons (Fsp3) is 0.214. The van der Waals surface area contributed by atoms with Crippen LogP contribution in [0.15, 0.2) is 71.5 Å². The zero-order chi connectivity index (χ0) is 26.8. The van der Waals surface area contributed by atoms with Gasteiger partial charge in [0.15, 0.2) is 17.3 Å². The fourth-order valence-electron chi connectivity index (χ4n) is 4.58. The van der Waals surface area contributed by atoms with Gasteiger partial charge in [-0.3, -0.25) is 9.69 Å². The Hall–Kier alpha value is -4.64. The summed E-state index contributed by atoms with van der Waals surface area (Å²) >= 11 is 0. The van der Waals surface area contributed by atoms with E-state index in [1.54, 1.807) is 35.0 Å². The van der Waals surface area contributed by atoms with Gasteiger partial charge in [0.05, 0.1) is 18.6 Å². The monoisotopic (exact) mass is 530 g/mol. The lowest BCUT2D eigenvalue weighted by Gasteiger charge is -2.22. The van der Waals surface area contributed by atoms with Gasteiger partial charge in [0.2, 0.25) is 0 Å². The van der Waals surface area contributed by atoms with Crippen molar-refractivity contribution < 1.29 is 18.3 Å². The summed E-state index contributed by atoms with van der Waals surface area (Å²) in [6.45, 7) is 2.29. The van der Waals surface area contributed by atoms with Gasteiger partial charge in [0, 0.05) is 30.1 Å². The van der Waals surface area contributed by atoms with Crippen LogP contribution < -0.4 is 15.0 Å². The first-order chi connectivity index (χ1) is 19.0. The van der Waals surface area contributed by atoms with Crippen LogP contribution in [-0.2, 0) is 26.2 Å². The Morgan fingerprint density at radius 3 is 2.23 bits per heavy atom. The van der Waals surface area contributed by atoms with Gasteiger partial charge >= 0.3 is 0 Å². The summed E-state index contributed by atoms with van der Waals surface area (Å²) in [6, 6.07) is 17.8. The van der Waals surface area contributed by atoms with E-state index >= 15 is 0 Å². The summed E-state index contributed by atoms with van der Waals surface area (Å²) in [5, 5.41) is 13.0. The van der Waals surface area contributed by atoms with E-state index < -0.39 is 0 Å². The topological polar surface area (TPSA) is 98.2 Å². The summed E-state index contributed by atoms with van der Waals surface area (Å²) in [7, 11) is 0. The van der Waals surface area contributed by atoms with Crippen LogP contribution in [-0.4, -0.2) is 43.3 Å². The highest BCUT2D eigenvalue weighted by molar-refractivity contribution is 5.83. The minimum absolute atomic E-state index is 0.228. The van der Waals surface area contributed by atoms with E-state index in [0.29, 0.717) is 61.3 Å². The minimum atomic E-state index is -0.325. The number of benzene rings is 3. The van der Waals surface area contributed by atoms with Crippen LogP contribution in [0.5, 0.6) is 11.5 Å². The molecule has 0 spiro atoms. The van der Waals surface area contributed by atoms with E-state index in [-0.39, 0.29) is 23.7 Å². The molecule has 0 bridgehead atoms. The van der Waals surface area contributed by atoms with Crippen LogP contribution in [0.4, 0.5) is 8.78 Å². The van der Waals surface area contributed by atoms with Crippen molar-refractivity contribution in [1.82, 2.24) is 30.1 Å². The Bertz CT molecular complexity index is 1670. The maximum absolute atomic E-state index is 13.6. The average molecular weight is 531 g/mol. The Morgan fingerprint density at radius 1 is 0.846 bits per heavy atom. The second kappa shape index (κ2) is 10.6. The molecule has 9 nitrogen and oxygen atoms in total. The molecule has 5 aromatic rings. The zero-order valence-corrected chi connectivity index (χ0v) is 20.8. The molecule has 0 unspecified atom stereocenters. The third-order valence-corrected chi connectivity index (χ3v) is 6.51. The highest BCUT2D eigenvalue weighted by Gasteiger charge is 2.18. The quantitative estimate of drug-likeness (QED) is 0.326. The van der Waals surface area contributed by atoms with Crippen LogP contribution in [0.2, 0.25) is 0 Å². The number of aromatic nitrogens is 5. The van der Waals surface area contributed by atoms with E-state index in [1.165, 1.54) is 24.3 Å². The Balaban J connectivity index is 1.30. The van der Waals surface area contributed by atoms with Crippen LogP contribution in [0, 0.1) is 11.6 Å². The standard InChI is InChI=1S/C28H24F2N6O3/c29-22-5-1-18(2-6-22)14-35(17-27-32-33-34-36(27)15-19-3-7-23(30)8-4-19)16-21-11-20-12-25-26(39-10-9-38-25)13-24(20)31-28(21)37/h1-8,11-13H,9-10,14-17H2,(H,31,37). The summed E-state index contributed by atoms with van der Waals surface area (Å²) < 4.78 is 39.9. The van der Waals surface area contributed by atoms with Crippen molar-refractivity contribution in [2.24, 2.45) is 0 Å². The van der Waals surface area contributed by atoms with Gasteiger partial charge in [0.1, 0.15) is 24.8 Å². The summed E-state index contributed by atoms with van der Waals surface area (Å²) in [6.07, 6.45) is 0. The SMILES string of the molecule is O=c1[nH]c2cc3c(cc2cc1CN(Cc1ccc(F)cc1)Cc1nnnn1Cc1ccc(F)cc1)OCCO3. The molecular formula is C28H24F2N6O3. The van der Waals surface area contributed by atoms with Gasteiger partial charge in [-0.05, 0) is 58.0 Å². The number of halogens is 2. The number of ether oxygens (including phenoxy) is 2. The molecule has 2 aromatic heterocycles. The van der Waals surface area contributed by atoms with Crippen LogP contribution in [0.25, 0.3) is 10.9 Å². The molecule has 0 saturated carbocycles. The van der Waals surface area contributed by atoms with Gasteiger partial charge < -0.3 is 14.5 Å². The van der Waals surface area contributed by atoms with Gasteiger partial charge in [-0.1, -0.05) is 24.3 Å². The third-order valence-electron chi connectivity index (χ3n) is 6.51. The van der Waals surface area contributed by atoms with E-state index in [9.17, 15) is 13.6 Å². The maximum atomic E-state index is 13.6. The molecule has 39 heavy (non-hydrogen) atoms. The molecule has 1 aliphatic heterocycles. The number of H-pyrrole nitrogens is 1. The van der Waals surface area contributed by atoms with Crippen molar-refractivity contribution >= 4 is 10.9 Å². The van der Waals surface area contributed by atoms with Gasteiger partial charge in [-0.15, -0.1) is 5.10 Å². The number of hydrogen-bond donors (Lipinski definition) is 1. The Morgan fingerprint density at radius 2 is 1.51 bits per heavy atom. The number of fused-ring (bicyclic) bond motifs is 2. The van der Waals surface area contributed by atoms with Crippen molar-refractivity contribution in [3.05, 3.63) is 111 Å². The normalized spacial score (nSPS) is 12.8. The van der Waals surface area contributed by atoms with Crippen molar-refractivity contribution in [2.75, 3.05) is 13.2 Å². The first-order valence-electron chi connectivity index (χ1n) is 12.4. The average Bonchev–Trinajstić information content (AvgIpc) is 3.36. The molecule has 0 radical (unpaired) electrons. The van der Waals surface area contributed by atoms with E-state index in [4.69, 9.17) is 9.47 Å². The molecule has 1 N–H and O–H groups in total. The van der Waals surface area contributed by atoms with Crippen LogP contribution in [0.1, 0.15) is 22.5 Å². The lowest BCUT2D eigenvalue weighted by Crippen LogP contribution is -2.28. The van der Waals surface area contributed by atoms with Gasteiger partial charge in [-0.2, -0.15) is 0 Å². The first-order valence-corrected chi connectivity index (χ1v) is 12.4. The third kappa shape index (κ3) is 5.63. The molecule has 0 atom stereocenters. The predicted octanol–water partition coefficient (Wildman–Crippen LogP) is 3.81. The van der Waals surface area contributed by atoms with Gasteiger partial charge in [-0.25, -0.2) is 13.5 Å².